The molecular weight excluding hydrogens is 266 g/mol. The topological polar surface area (TPSA) is 70.7 Å². The van der Waals surface area contributed by atoms with E-state index in [4.69, 9.17) is 0 Å². The molecule has 1 amide bonds. The van der Waals surface area contributed by atoms with Crippen LogP contribution in [0.25, 0.3) is 0 Å². The predicted octanol–water partition coefficient (Wildman–Crippen LogP) is 1.89. The Kier molecular flexibility index (Phi) is 3.17. The number of H-pyrrole nitrogens is 1. The second kappa shape index (κ2) is 4.99. The Bertz CT molecular complexity index is 652. The summed E-state index contributed by atoms with van der Waals surface area (Å²) >= 11 is 0. The molecule has 2 aromatic heterocycles. The molecule has 7 heteroatoms. The quantitative estimate of drug-likeness (QED) is 0.839. The van der Waals surface area contributed by atoms with Crippen molar-refractivity contribution in [2.75, 3.05) is 0 Å². The first kappa shape index (κ1) is 12.7. The van der Waals surface area contributed by atoms with Gasteiger partial charge in [0.25, 0.3) is 5.91 Å². The van der Waals surface area contributed by atoms with Crippen LogP contribution in [0.15, 0.2) is 18.5 Å². The second-order valence-corrected chi connectivity index (χ2v) is 4.76. The molecule has 20 heavy (non-hydrogen) atoms. The molecule has 3 rings (SSSR count). The number of carbonyl (C=O) groups is 1. The molecule has 0 spiro atoms. The maximum atomic E-state index is 13.0. The number of aromatic nitrogens is 3. The van der Waals surface area contributed by atoms with Gasteiger partial charge in [-0.25, -0.2) is 9.37 Å². The zero-order valence-electron chi connectivity index (χ0n) is 10.5. The molecule has 0 atom stereocenters. The third kappa shape index (κ3) is 2.52. The van der Waals surface area contributed by atoms with Crippen molar-refractivity contribution < 1.29 is 13.6 Å². The van der Waals surface area contributed by atoms with Crippen molar-refractivity contribution in [3.05, 3.63) is 47.0 Å². The fourth-order valence-corrected chi connectivity index (χ4v) is 2.03. The van der Waals surface area contributed by atoms with Crippen LogP contribution in [0.4, 0.5) is 8.78 Å². The van der Waals surface area contributed by atoms with Crippen LogP contribution in [0.1, 0.15) is 40.4 Å². The van der Waals surface area contributed by atoms with E-state index in [-0.39, 0.29) is 12.1 Å². The summed E-state index contributed by atoms with van der Waals surface area (Å²) in [4.78, 5) is 15.0. The summed E-state index contributed by atoms with van der Waals surface area (Å²) in [5, 5.41) is 9.43. The molecule has 2 aromatic rings. The standard InChI is InChI=1S/C13H12F2N4O/c14-10-3-8(4-16-12(10)15)13(20)17-6-11-9(5-18-19-11)7-1-2-7/h3-5,7H,1-2,6H2,(H,17,20)(H,18,19). The first-order valence-corrected chi connectivity index (χ1v) is 6.26. The Morgan fingerprint density at radius 2 is 2.20 bits per heavy atom. The van der Waals surface area contributed by atoms with E-state index in [9.17, 15) is 13.6 Å². The minimum atomic E-state index is -1.22. The molecule has 104 valence electrons. The Morgan fingerprint density at radius 1 is 1.40 bits per heavy atom. The summed E-state index contributed by atoms with van der Waals surface area (Å²) in [6, 6.07) is 0.826. The van der Waals surface area contributed by atoms with E-state index in [2.05, 4.69) is 20.5 Å². The largest absolute Gasteiger partial charge is 0.346 e. The number of carbonyl (C=O) groups excluding carboxylic acids is 1. The second-order valence-electron chi connectivity index (χ2n) is 4.76. The van der Waals surface area contributed by atoms with E-state index in [1.165, 1.54) is 0 Å². The molecule has 1 fully saturated rings. The monoisotopic (exact) mass is 278 g/mol. The van der Waals surface area contributed by atoms with Gasteiger partial charge >= 0.3 is 0 Å². The normalized spacial score (nSPS) is 14.3. The highest BCUT2D eigenvalue weighted by Crippen LogP contribution is 2.40. The molecular formula is C13H12F2N4O. The van der Waals surface area contributed by atoms with Crippen LogP contribution in [0.3, 0.4) is 0 Å². The van der Waals surface area contributed by atoms with Gasteiger partial charge in [-0.05, 0) is 30.4 Å². The number of rotatable bonds is 4. The van der Waals surface area contributed by atoms with Crippen molar-refractivity contribution in [2.24, 2.45) is 0 Å². The lowest BCUT2D eigenvalue weighted by Gasteiger charge is -2.05. The van der Waals surface area contributed by atoms with E-state index < -0.39 is 17.7 Å². The number of pyridine rings is 1. The van der Waals surface area contributed by atoms with Gasteiger partial charge in [0.2, 0.25) is 5.95 Å². The first-order chi connectivity index (χ1) is 9.65. The van der Waals surface area contributed by atoms with Gasteiger partial charge in [0.1, 0.15) is 0 Å². The smallest absolute Gasteiger partial charge is 0.253 e. The van der Waals surface area contributed by atoms with E-state index in [0.29, 0.717) is 5.92 Å². The van der Waals surface area contributed by atoms with Crippen LogP contribution < -0.4 is 5.32 Å². The van der Waals surface area contributed by atoms with Gasteiger partial charge in [-0.2, -0.15) is 9.49 Å². The fraction of sp³-hybridized carbons (Fsp3) is 0.308. The molecule has 0 radical (unpaired) electrons. The zero-order valence-corrected chi connectivity index (χ0v) is 10.5. The summed E-state index contributed by atoms with van der Waals surface area (Å²) in [7, 11) is 0. The van der Waals surface area contributed by atoms with E-state index in [1.54, 1.807) is 6.20 Å². The number of hydrogen-bond donors (Lipinski definition) is 2. The minimum Gasteiger partial charge on any atom is -0.346 e. The SMILES string of the molecule is O=C(NCc1[nH]ncc1C1CC1)c1cnc(F)c(F)c1. The molecule has 0 aliphatic heterocycles. The summed E-state index contributed by atoms with van der Waals surface area (Å²) < 4.78 is 25.7. The van der Waals surface area contributed by atoms with Gasteiger partial charge in [0, 0.05) is 6.20 Å². The van der Waals surface area contributed by atoms with Crippen LogP contribution >= 0.6 is 0 Å². The molecule has 5 nitrogen and oxygen atoms in total. The highest BCUT2D eigenvalue weighted by molar-refractivity contribution is 5.93. The van der Waals surface area contributed by atoms with Crippen LogP contribution in [-0.4, -0.2) is 21.1 Å². The van der Waals surface area contributed by atoms with Gasteiger partial charge in [-0.3, -0.25) is 9.89 Å². The summed E-state index contributed by atoms with van der Waals surface area (Å²) in [6.07, 6.45) is 5.03. The molecule has 0 saturated heterocycles. The Morgan fingerprint density at radius 3 is 2.90 bits per heavy atom. The number of amides is 1. The number of hydrogen-bond acceptors (Lipinski definition) is 3. The van der Waals surface area contributed by atoms with Gasteiger partial charge in [-0.15, -0.1) is 0 Å². The Labute approximate surface area is 113 Å². The highest BCUT2D eigenvalue weighted by atomic mass is 19.2. The van der Waals surface area contributed by atoms with E-state index in [0.717, 1.165) is 36.4 Å². The van der Waals surface area contributed by atoms with Gasteiger partial charge in [0.15, 0.2) is 5.82 Å². The lowest BCUT2D eigenvalue weighted by molar-refractivity contribution is 0.0949. The van der Waals surface area contributed by atoms with Crippen molar-refractivity contribution in [2.45, 2.75) is 25.3 Å². The third-order valence-electron chi connectivity index (χ3n) is 3.25. The van der Waals surface area contributed by atoms with Crippen molar-refractivity contribution in [3.63, 3.8) is 0 Å². The van der Waals surface area contributed by atoms with E-state index >= 15 is 0 Å². The predicted molar refractivity (Wildman–Crippen MR) is 65.9 cm³/mol. The summed E-state index contributed by atoms with van der Waals surface area (Å²) in [5.74, 6) is -2.35. The molecule has 1 aliphatic rings. The highest BCUT2D eigenvalue weighted by Gasteiger charge is 2.27. The maximum absolute atomic E-state index is 13.0. The van der Waals surface area contributed by atoms with Gasteiger partial charge in [-0.1, -0.05) is 0 Å². The summed E-state index contributed by atoms with van der Waals surface area (Å²) in [5.41, 5.74) is 1.93. The lowest BCUT2D eigenvalue weighted by Crippen LogP contribution is -2.24. The molecule has 0 aromatic carbocycles. The molecule has 0 bridgehead atoms. The Balaban J connectivity index is 1.66. The molecule has 2 heterocycles. The molecule has 2 N–H and O–H groups in total. The average molecular weight is 278 g/mol. The van der Waals surface area contributed by atoms with Crippen LogP contribution in [0.5, 0.6) is 0 Å². The third-order valence-corrected chi connectivity index (χ3v) is 3.25. The lowest BCUT2D eigenvalue weighted by atomic mass is 10.1. The Hall–Kier alpha value is -2.31. The first-order valence-electron chi connectivity index (χ1n) is 6.26. The summed E-state index contributed by atoms with van der Waals surface area (Å²) in [6.45, 7) is 0.268. The molecule has 0 unspecified atom stereocenters. The van der Waals surface area contributed by atoms with Crippen molar-refractivity contribution in [1.29, 1.82) is 0 Å². The van der Waals surface area contributed by atoms with Crippen LogP contribution in [-0.2, 0) is 6.54 Å². The molecule has 1 aliphatic carbocycles. The molecule has 1 saturated carbocycles. The van der Waals surface area contributed by atoms with Crippen LogP contribution in [0, 0.1) is 11.8 Å². The zero-order chi connectivity index (χ0) is 14.1. The van der Waals surface area contributed by atoms with Crippen LogP contribution in [0.2, 0.25) is 0 Å². The van der Waals surface area contributed by atoms with E-state index in [1.807, 2.05) is 0 Å². The minimum absolute atomic E-state index is 0.0172. The van der Waals surface area contributed by atoms with Gasteiger partial charge in [0.05, 0.1) is 24.0 Å². The fourth-order valence-electron chi connectivity index (χ4n) is 2.03. The van der Waals surface area contributed by atoms with Crippen molar-refractivity contribution in [1.82, 2.24) is 20.5 Å². The number of aromatic amines is 1. The van der Waals surface area contributed by atoms with Crippen molar-refractivity contribution >= 4 is 5.91 Å². The van der Waals surface area contributed by atoms with Crippen molar-refractivity contribution in [3.8, 4) is 0 Å². The number of nitrogens with one attached hydrogen (secondary N) is 2. The average Bonchev–Trinajstić information content (AvgIpc) is 3.18. The van der Waals surface area contributed by atoms with Gasteiger partial charge < -0.3 is 5.32 Å². The maximum Gasteiger partial charge on any atom is 0.253 e. The number of nitrogens with zero attached hydrogens (tertiary/aromatic N) is 2. The number of halogens is 2.